The number of sulfone groups is 1. The van der Waals surface area contributed by atoms with Gasteiger partial charge in [0.25, 0.3) is 0 Å². The van der Waals surface area contributed by atoms with Crippen LogP contribution in [0.15, 0.2) is 18.2 Å². The van der Waals surface area contributed by atoms with Gasteiger partial charge in [0.05, 0.1) is 16.9 Å². The zero-order valence-electron chi connectivity index (χ0n) is 18.9. The number of rotatable bonds is 4. The van der Waals surface area contributed by atoms with Gasteiger partial charge in [-0.15, -0.1) is 0 Å². The van der Waals surface area contributed by atoms with E-state index in [0.717, 1.165) is 18.4 Å². The molecule has 0 saturated carbocycles. The molecule has 1 aromatic rings. The zero-order valence-corrected chi connectivity index (χ0v) is 19.7. The van der Waals surface area contributed by atoms with Crippen LogP contribution in [0.2, 0.25) is 0 Å². The quantitative estimate of drug-likeness (QED) is 0.720. The fourth-order valence-electron chi connectivity index (χ4n) is 4.74. The molecule has 3 atom stereocenters. The summed E-state index contributed by atoms with van der Waals surface area (Å²) in [5.41, 5.74) is 3.93. The number of piperidine rings is 1. The molecule has 0 radical (unpaired) electrons. The number of hydrogen-bond donors (Lipinski definition) is 0. The third kappa shape index (κ3) is 4.55. The lowest BCUT2D eigenvalue weighted by atomic mass is 9.91. The topological polar surface area (TPSA) is 54.5 Å². The highest BCUT2D eigenvalue weighted by molar-refractivity contribution is 7.92. The van der Waals surface area contributed by atoms with Crippen molar-refractivity contribution in [3.05, 3.63) is 34.9 Å². The fourth-order valence-corrected chi connectivity index (χ4v) is 6.19. The molecule has 4 nitrogen and oxygen atoms in total. The Morgan fingerprint density at radius 1 is 1.03 bits per heavy atom. The van der Waals surface area contributed by atoms with E-state index < -0.39 is 14.6 Å². The van der Waals surface area contributed by atoms with Crippen molar-refractivity contribution in [2.24, 2.45) is 11.8 Å². The Balaban J connectivity index is 1.57. The molecule has 1 aliphatic heterocycles. The molecule has 3 unspecified atom stereocenters. The molecule has 3 rings (SSSR count). The molecule has 162 valence electrons. The Hall–Kier alpha value is -1.36. The van der Waals surface area contributed by atoms with Crippen molar-refractivity contribution in [3.8, 4) is 0 Å². The molecule has 0 spiro atoms. The molecule has 1 aromatic carbocycles. The number of likely N-dealkylation sites (tertiary alicyclic amines) is 1. The van der Waals surface area contributed by atoms with Gasteiger partial charge < -0.3 is 4.90 Å². The number of hydrogen-bond acceptors (Lipinski definition) is 3. The van der Waals surface area contributed by atoms with Gasteiger partial charge in [-0.25, -0.2) is 8.42 Å². The number of benzene rings is 1. The van der Waals surface area contributed by atoms with Gasteiger partial charge in [-0.1, -0.05) is 39.0 Å². The van der Waals surface area contributed by atoms with E-state index in [9.17, 15) is 13.2 Å². The van der Waals surface area contributed by atoms with E-state index in [1.54, 1.807) is 20.8 Å². The van der Waals surface area contributed by atoms with Crippen LogP contribution < -0.4 is 0 Å². The molecular weight excluding hydrogens is 382 g/mol. The minimum Gasteiger partial charge on any atom is -0.342 e. The summed E-state index contributed by atoms with van der Waals surface area (Å²) in [7, 11) is -3.11. The molecule has 1 amide bonds. The third-order valence-electron chi connectivity index (χ3n) is 7.42. The highest BCUT2D eigenvalue weighted by Gasteiger charge is 2.34. The van der Waals surface area contributed by atoms with Crippen molar-refractivity contribution in [2.45, 2.75) is 77.4 Å². The van der Waals surface area contributed by atoms with Crippen LogP contribution in [0.5, 0.6) is 0 Å². The highest BCUT2D eigenvalue weighted by Crippen LogP contribution is 2.46. The highest BCUT2D eigenvalue weighted by atomic mass is 32.2. The Bertz CT molecular complexity index is 861. The van der Waals surface area contributed by atoms with E-state index in [0.29, 0.717) is 37.3 Å². The van der Waals surface area contributed by atoms with Gasteiger partial charge in [0.2, 0.25) is 5.91 Å². The Morgan fingerprint density at radius 3 is 2.21 bits per heavy atom. The summed E-state index contributed by atoms with van der Waals surface area (Å²) in [6.45, 7) is 13.5. The summed E-state index contributed by atoms with van der Waals surface area (Å²) in [4.78, 5) is 14.8. The molecule has 1 fully saturated rings. The summed E-state index contributed by atoms with van der Waals surface area (Å²) < 4.78 is 24.2. The lowest BCUT2D eigenvalue weighted by molar-refractivity contribution is -0.131. The Kier molecular flexibility index (Phi) is 6.20. The SMILES string of the molecule is CC1c2ccc(CC(=O)N3CCC(CS(=O)(=O)C(C)(C)C)CC3)cc2C(C)C1C. The zero-order chi connectivity index (χ0) is 21.6. The summed E-state index contributed by atoms with van der Waals surface area (Å²) in [6.07, 6.45) is 1.99. The maximum atomic E-state index is 12.8. The van der Waals surface area contributed by atoms with Crippen molar-refractivity contribution >= 4 is 15.7 Å². The summed E-state index contributed by atoms with van der Waals surface area (Å²) in [5.74, 6) is 2.31. The molecule has 1 heterocycles. The van der Waals surface area contributed by atoms with Crippen molar-refractivity contribution in [1.82, 2.24) is 4.90 Å². The van der Waals surface area contributed by atoms with Gasteiger partial charge in [-0.3, -0.25) is 4.79 Å². The fraction of sp³-hybridized carbons (Fsp3) is 0.708. The average Bonchev–Trinajstić information content (AvgIpc) is 2.85. The van der Waals surface area contributed by atoms with Gasteiger partial charge in [0.15, 0.2) is 9.84 Å². The maximum absolute atomic E-state index is 12.8. The van der Waals surface area contributed by atoms with E-state index in [-0.39, 0.29) is 17.6 Å². The van der Waals surface area contributed by atoms with Crippen molar-refractivity contribution < 1.29 is 13.2 Å². The lowest BCUT2D eigenvalue weighted by Gasteiger charge is -2.33. The van der Waals surface area contributed by atoms with E-state index in [4.69, 9.17) is 0 Å². The van der Waals surface area contributed by atoms with E-state index in [1.165, 1.54) is 11.1 Å². The Labute approximate surface area is 177 Å². The first-order valence-corrected chi connectivity index (χ1v) is 12.7. The van der Waals surface area contributed by atoms with Crippen molar-refractivity contribution in [1.29, 1.82) is 0 Å². The summed E-state index contributed by atoms with van der Waals surface area (Å²) >= 11 is 0. The van der Waals surface area contributed by atoms with Gasteiger partial charge in [0.1, 0.15) is 0 Å². The monoisotopic (exact) mass is 419 g/mol. The maximum Gasteiger partial charge on any atom is 0.226 e. The molecule has 29 heavy (non-hydrogen) atoms. The van der Waals surface area contributed by atoms with Gasteiger partial charge in [-0.2, -0.15) is 0 Å². The minimum atomic E-state index is -3.11. The summed E-state index contributed by atoms with van der Waals surface area (Å²) in [5, 5.41) is 0. The second-order valence-corrected chi connectivity index (χ2v) is 13.1. The number of fused-ring (bicyclic) bond motifs is 1. The van der Waals surface area contributed by atoms with Crippen LogP contribution in [-0.2, 0) is 21.1 Å². The molecule has 0 N–H and O–H groups in total. The van der Waals surface area contributed by atoms with Crippen LogP contribution in [0.1, 0.15) is 82.9 Å². The van der Waals surface area contributed by atoms with Gasteiger partial charge in [0, 0.05) is 13.1 Å². The van der Waals surface area contributed by atoms with Crippen LogP contribution in [0.3, 0.4) is 0 Å². The second-order valence-electron chi connectivity index (χ2n) is 10.3. The molecule has 2 aliphatic rings. The minimum absolute atomic E-state index is 0.159. The molecular formula is C24H37NO3S. The van der Waals surface area contributed by atoms with Crippen molar-refractivity contribution in [3.63, 3.8) is 0 Å². The normalized spacial score (nSPS) is 25.9. The molecule has 0 aromatic heterocycles. The lowest BCUT2D eigenvalue weighted by Crippen LogP contribution is -2.42. The van der Waals surface area contributed by atoms with Crippen LogP contribution in [0.25, 0.3) is 0 Å². The predicted octanol–water partition coefficient (Wildman–Crippen LogP) is 4.54. The van der Waals surface area contributed by atoms with E-state index in [1.807, 2.05) is 4.90 Å². The standard InChI is InChI=1S/C24H37NO3S/c1-16-17(2)21-8-7-20(13-22(21)18(16)3)14-23(26)25-11-9-19(10-12-25)15-29(27,28)24(4,5)6/h7-8,13,16-19H,9-12,14-15H2,1-6H3. The van der Waals surface area contributed by atoms with Crippen LogP contribution >= 0.6 is 0 Å². The molecule has 5 heteroatoms. The number of nitrogens with zero attached hydrogens (tertiary/aromatic N) is 1. The van der Waals surface area contributed by atoms with Crippen molar-refractivity contribution in [2.75, 3.05) is 18.8 Å². The molecule has 1 saturated heterocycles. The Morgan fingerprint density at radius 2 is 1.62 bits per heavy atom. The number of amides is 1. The predicted molar refractivity (Wildman–Crippen MR) is 119 cm³/mol. The van der Waals surface area contributed by atoms with Crippen LogP contribution in [0.4, 0.5) is 0 Å². The van der Waals surface area contributed by atoms with Gasteiger partial charge in [-0.05, 0) is 74.0 Å². The second kappa shape index (κ2) is 8.05. The first-order valence-electron chi connectivity index (χ1n) is 11.0. The van der Waals surface area contributed by atoms with Crippen LogP contribution in [0, 0.1) is 11.8 Å². The van der Waals surface area contributed by atoms with E-state index >= 15 is 0 Å². The number of carbonyl (C=O) groups excluding carboxylic acids is 1. The average molecular weight is 420 g/mol. The smallest absolute Gasteiger partial charge is 0.226 e. The largest absolute Gasteiger partial charge is 0.342 e. The van der Waals surface area contributed by atoms with E-state index in [2.05, 4.69) is 39.0 Å². The molecule has 0 bridgehead atoms. The first kappa shape index (κ1) is 22.3. The third-order valence-corrected chi connectivity index (χ3v) is 10.2. The first-order chi connectivity index (χ1) is 13.4. The summed E-state index contributed by atoms with van der Waals surface area (Å²) in [6, 6.07) is 6.56. The number of carbonyl (C=O) groups is 1. The molecule has 1 aliphatic carbocycles. The van der Waals surface area contributed by atoms with Crippen LogP contribution in [-0.4, -0.2) is 42.8 Å². The van der Waals surface area contributed by atoms with Gasteiger partial charge >= 0.3 is 0 Å².